The second kappa shape index (κ2) is 7.81. The van der Waals surface area contributed by atoms with E-state index in [9.17, 15) is 0 Å². The molecule has 1 aliphatic heterocycles. The monoisotopic (exact) mass is 317 g/mol. The Morgan fingerprint density at radius 2 is 1.70 bits per heavy atom. The molecule has 2 rings (SSSR count). The Morgan fingerprint density at radius 1 is 1.13 bits per heavy atom. The molecule has 1 heterocycles. The second-order valence-corrected chi connectivity index (χ2v) is 8.22. The molecule has 0 bridgehead atoms. The fourth-order valence-corrected chi connectivity index (χ4v) is 3.64. The Kier molecular flexibility index (Phi) is 6.27. The van der Waals surface area contributed by atoms with E-state index in [-0.39, 0.29) is 5.41 Å². The summed E-state index contributed by atoms with van der Waals surface area (Å²) < 4.78 is 5.83. The van der Waals surface area contributed by atoms with Gasteiger partial charge in [0.25, 0.3) is 0 Å². The first-order valence-electron chi connectivity index (χ1n) is 9.27. The van der Waals surface area contributed by atoms with E-state index in [0.717, 1.165) is 19.5 Å². The Bertz CT molecular complexity index is 469. The summed E-state index contributed by atoms with van der Waals surface area (Å²) in [4.78, 5) is 2.57. The van der Waals surface area contributed by atoms with Crippen LogP contribution < -0.4 is 0 Å². The van der Waals surface area contributed by atoms with E-state index in [0.29, 0.717) is 18.1 Å². The lowest BCUT2D eigenvalue weighted by Crippen LogP contribution is -2.47. The molecular weight excluding hydrogens is 282 g/mol. The van der Waals surface area contributed by atoms with Crippen molar-refractivity contribution in [2.75, 3.05) is 19.6 Å². The minimum absolute atomic E-state index is 0.282. The fourth-order valence-electron chi connectivity index (χ4n) is 3.64. The quantitative estimate of drug-likeness (QED) is 0.756. The molecule has 0 aromatic heterocycles. The molecule has 23 heavy (non-hydrogen) atoms. The van der Waals surface area contributed by atoms with Gasteiger partial charge in [0.2, 0.25) is 0 Å². The molecule has 1 aromatic rings. The first kappa shape index (κ1) is 18.5. The van der Waals surface area contributed by atoms with Crippen molar-refractivity contribution in [3.05, 3.63) is 35.4 Å². The Balaban J connectivity index is 1.89. The number of rotatable bonds is 6. The molecule has 1 aromatic carbocycles. The largest absolute Gasteiger partial charge is 0.373 e. The molecule has 0 unspecified atom stereocenters. The van der Waals surface area contributed by atoms with Gasteiger partial charge in [0.1, 0.15) is 0 Å². The topological polar surface area (TPSA) is 12.5 Å². The second-order valence-electron chi connectivity index (χ2n) is 8.22. The summed E-state index contributed by atoms with van der Waals surface area (Å²) in [6, 6.07) is 9.30. The smallest absolute Gasteiger partial charge is 0.0678 e. The van der Waals surface area contributed by atoms with E-state index >= 15 is 0 Å². The minimum Gasteiger partial charge on any atom is -0.373 e. The number of benzene rings is 1. The summed E-state index contributed by atoms with van der Waals surface area (Å²) in [5.41, 5.74) is 3.19. The van der Waals surface area contributed by atoms with Crippen molar-refractivity contribution in [3.8, 4) is 0 Å². The number of hydrogen-bond donors (Lipinski definition) is 0. The fraction of sp³-hybridized carbons (Fsp3) is 0.714. The van der Waals surface area contributed by atoms with E-state index < -0.39 is 0 Å². The molecule has 1 aliphatic rings. The molecule has 2 heteroatoms. The highest BCUT2D eigenvalue weighted by Crippen LogP contribution is 2.27. The third kappa shape index (κ3) is 5.32. The van der Waals surface area contributed by atoms with Crippen molar-refractivity contribution in [1.82, 2.24) is 4.90 Å². The van der Waals surface area contributed by atoms with E-state index in [2.05, 4.69) is 70.7 Å². The van der Waals surface area contributed by atoms with Crippen LogP contribution in [0.15, 0.2) is 24.3 Å². The number of nitrogens with zero attached hydrogens (tertiary/aromatic N) is 1. The third-order valence-corrected chi connectivity index (χ3v) is 5.27. The first-order valence-corrected chi connectivity index (χ1v) is 9.27. The maximum absolute atomic E-state index is 5.83. The zero-order chi connectivity index (χ0) is 17.0. The first-order chi connectivity index (χ1) is 10.8. The van der Waals surface area contributed by atoms with Crippen molar-refractivity contribution in [1.29, 1.82) is 0 Å². The van der Waals surface area contributed by atoms with Crippen LogP contribution >= 0.6 is 0 Å². The number of morpholine rings is 1. The van der Waals surface area contributed by atoms with Crippen molar-refractivity contribution in [2.24, 2.45) is 5.92 Å². The SMILES string of the molecule is CCC(C)(C)c1ccc(C[C@H](C)CN2C[C@@H](C)O[C@H](C)C2)cc1. The summed E-state index contributed by atoms with van der Waals surface area (Å²) in [6.07, 6.45) is 3.06. The maximum atomic E-state index is 5.83. The molecule has 0 N–H and O–H groups in total. The van der Waals surface area contributed by atoms with E-state index in [1.807, 2.05) is 0 Å². The molecule has 1 fully saturated rings. The van der Waals surface area contributed by atoms with Gasteiger partial charge in [-0.1, -0.05) is 52.0 Å². The summed E-state index contributed by atoms with van der Waals surface area (Å²) in [7, 11) is 0. The molecule has 0 radical (unpaired) electrons. The lowest BCUT2D eigenvalue weighted by Gasteiger charge is -2.36. The van der Waals surface area contributed by atoms with Crippen LogP contribution in [0, 0.1) is 5.92 Å². The van der Waals surface area contributed by atoms with Gasteiger partial charge < -0.3 is 4.74 Å². The van der Waals surface area contributed by atoms with Gasteiger partial charge in [0.15, 0.2) is 0 Å². The average Bonchev–Trinajstić information content (AvgIpc) is 2.46. The molecule has 2 nitrogen and oxygen atoms in total. The van der Waals surface area contributed by atoms with Gasteiger partial charge in [-0.25, -0.2) is 0 Å². The van der Waals surface area contributed by atoms with E-state index in [4.69, 9.17) is 4.74 Å². The Morgan fingerprint density at radius 3 is 2.22 bits per heavy atom. The van der Waals surface area contributed by atoms with Crippen molar-refractivity contribution in [2.45, 2.75) is 72.0 Å². The zero-order valence-corrected chi connectivity index (χ0v) is 15.9. The highest BCUT2D eigenvalue weighted by atomic mass is 16.5. The zero-order valence-electron chi connectivity index (χ0n) is 15.9. The van der Waals surface area contributed by atoms with Gasteiger partial charge in [0.05, 0.1) is 12.2 Å². The molecule has 0 saturated carbocycles. The van der Waals surface area contributed by atoms with Crippen LogP contribution in [-0.2, 0) is 16.6 Å². The van der Waals surface area contributed by atoms with Gasteiger partial charge >= 0.3 is 0 Å². The van der Waals surface area contributed by atoms with Gasteiger partial charge in [-0.3, -0.25) is 4.90 Å². The lowest BCUT2D eigenvalue weighted by atomic mass is 9.82. The van der Waals surface area contributed by atoms with Crippen molar-refractivity contribution >= 4 is 0 Å². The predicted octanol–water partition coefficient (Wildman–Crippen LogP) is 4.66. The minimum atomic E-state index is 0.282. The normalized spacial score (nSPS) is 24.6. The van der Waals surface area contributed by atoms with Crippen LogP contribution in [0.2, 0.25) is 0 Å². The van der Waals surface area contributed by atoms with Gasteiger partial charge in [-0.05, 0) is 49.1 Å². The van der Waals surface area contributed by atoms with Crippen LogP contribution in [0.3, 0.4) is 0 Å². The molecule has 0 amide bonds. The standard InChI is InChI=1S/C21H35NO/c1-7-21(5,6)20-10-8-19(9-11-20)12-16(2)13-22-14-17(3)23-18(4)15-22/h8-11,16-18H,7,12-15H2,1-6H3/t16-,17+,18+/m0/s1. The summed E-state index contributed by atoms with van der Waals surface area (Å²) >= 11 is 0. The van der Waals surface area contributed by atoms with Crippen molar-refractivity contribution < 1.29 is 4.74 Å². The third-order valence-electron chi connectivity index (χ3n) is 5.27. The van der Waals surface area contributed by atoms with Crippen LogP contribution in [0.25, 0.3) is 0 Å². The van der Waals surface area contributed by atoms with E-state index in [1.54, 1.807) is 0 Å². The van der Waals surface area contributed by atoms with Crippen LogP contribution in [-0.4, -0.2) is 36.7 Å². The predicted molar refractivity (Wildman–Crippen MR) is 99.1 cm³/mol. The van der Waals surface area contributed by atoms with Gasteiger partial charge in [0, 0.05) is 19.6 Å². The Hall–Kier alpha value is -0.860. The maximum Gasteiger partial charge on any atom is 0.0678 e. The molecule has 3 atom stereocenters. The van der Waals surface area contributed by atoms with Crippen LogP contribution in [0.4, 0.5) is 0 Å². The van der Waals surface area contributed by atoms with E-state index in [1.165, 1.54) is 24.1 Å². The lowest BCUT2D eigenvalue weighted by molar-refractivity contribution is -0.0708. The summed E-state index contributed by atoms with van der Waals surface area (Å²) in [5, 5.41) is 0. The van der Waals surface area contributed by atoms with Gasteiger partial charge in [-0.2, -0.15) is 0 Å². The molecule has 1 saturated heterocycles. The summed E-state index contributed by atoms with van der Waals surface area (Å²) in [5.74, 6) is 0.678. The average molecular weight is 318 g/mol. The number of hydrogen-bond acceptors (Lipinski definition) is 2. The number of ether oxygens (including phenoxy) is 1. The molecule has 0 spiro atoms. The molecule has 130 valence electrons. The highest BCUT2D eigenvalue weighted by molar-refractivity contribution is 5.28. The molecule has 0 aliphatic carbocycles. The van der Waals surface area contributed by atoms with Crippen LogP contribution in [0.5, 0.6) is 0 Å². The van der Waals surface area contributed by atoms with Crippen LogP contribution in [0.1, 0.15) is 59.1 Å². The molecular formula is C21H35NO. The Labute approximate surface area is 143 Å². The summed E-state index contributed by atoms with van der Waals surface area (Å²) in [6.45, 7) is 17.0. The van der Waals surface area contributed by atoms with Gasteiger partial charge in [-0.15, -0.1) is 0 Å². The van der Waals surface area contributed by atoms with Crippen molar-refractivity contribution in [3.63, 3.8) is 0 Å². The highest BCUT2D eigenvalue weighted by Gasteiger charge is 2.23.